The third-order valence-corrected chi connectivity index (χ3v) is 5.17. The molecular weight excluding hydrogens is 388 g/mol. The van der Waals surface area contributed by atoms with Crippen molar-refractivity contribution >= 4 is 28.1 Å². The maximum absolute atomic E-state index is 12.3. The van der Waals surface area contributed by atoms with Gasteiger partial charge in [-0.3, -0.25) is 4.79 Å². The van der Waals surface area contributed by atoms with Gasteiger partial charge in [0.1, 0.15) is 5.01 Å². The Labute approximate surface area is 174 Å². The van der Waals surface area contributed by atoms with Gasteiger partial charge in [0.25, 0.3) is 0 Å². The van der Waals surface area contributed by atoms with Crippen molar-refractivity contribution in [1.29, 1.82) is 0 Å². The molecule has 1 heterocycles. The van der Waals surface area contributed by atoms with E-state index in [1.54, 1.807) is 14.2 Å². The minimum Gasteiger partial charge on any atom is -0.493 e. The smallest absolute Gasteiger partial charge is 0.230 e. The molecular formula is C21H24N4O3S. The Morgan fingerprint density at radius 3 is 2.34 bits per heavy atom. The van der Waals surface area contributed by atoms with Crippen molar-refractivity contribution in [2.24, 2.45) is 0 Å². The van der Waals surface area contributed by atoms with E-state index in [1.165, 1.54) is 11.3 Å². The summed E-state index contributed by atoms with van der Waals surface area (Å²) < 4.78 is 10.6. The van der Waals surface area contributed by atoms with E-state index < -0.39 is 0 Å². The first-order valence-electron chi connectivity index (χ1n) is 9.08. The fourth-order valence-electron chi connectivity index (χ4n) is 2.80. The van der Waals surface area contributed by atoms with E-state index in [4.69, 9.17) is 9.47 Å². The molecule has 0 aliphatic carbocycles. The average molecular weight is 413 g/mol. The lowest BCUT2D eigenvalue weighted by molar-refractivity contribution is -0.115. The number of hydrogen-bond donors (Lipinski definition) is 1. The van der Waals surface area contributed by atoms with Crippen LogP contribution in [0.5, 0.6) is 11.5 Å². The van der Waals surface area contributed by atoms with E-state index in [2.05, 4.69) is 15.5 Å². The zero-order valence-corrected chi connectivity index (χ0v) is 17.7. The highest BCUT2D eigenvalue weighted by atomic mass is 32.1. The van der Waals surface area contributed by atoms with Gasteiger partial charge in [-0.1, -0.05) is 29.5 Å². The van der Waals surface area contributed by atoms with Crippen molar-refractivity contribution in [3.63, 3.8) is 0 Å². The number of hydrogen-bond acceptors (Lipinski definition) is 7. The Balaban J connectivity index is 1.59. The van der Waals surface area contributed by atoms with Crippen LogP contribution in [0.3, 0.4) is 0 Å². The molecule has 0 atom stereocenters. The molecule has 152 valence electrons. The first-order valence-corrected chi connectivity index (χ1v) is 9.89. The molecule has 0 aliphatic heterocycles. The van der Waals surface area contributed by atoms with Crippen LogP contribution in [0.25, 0.3) is 0 Å². The number of ether oxygens (including phenoxy) is 2. The highest BCUT2D eigenvalue weighted by molar-refractivity contribution is 7.15. The van der Waals surface area contributed by atoms with Crippen LogP contribution in [0.15, 0.2) is 42.5 Å². The topological polar surface area (TPSA) is 76.6 Å². The number of nitrogens with zero attached hydrogens (tertiary/aromatic N) is 3. The number of anilines is 2. The summed E-state index contributed by atoms with van der Waals surface area (Å²) in [5.74, 6) is 1.24. The monoisotopic (exact) mass is 412 g/mol. The Bertz CT molecular complexity index is 970. The summed E-state index contributed by atoms with van der Waals surface area (Å²) in [6.45, 7) is 0. The standard InChI is InChI=1S/C21H24N4O3S/c1-25(2)16-8-5-14(6-9-16)12-19(26)22-21-24-23-20(29-21)13-15-7-10-17(27-3)18(11-15)28-4/h5-11H,12-13H2,1-4H3,(H,22,24,26). The third-order valence-electron chi connectivity index (χ3n) is 4.33. The second kappa shape index (κ2) is 9.38. The fraction of sp³-hybridized carbons (Fsp3) is 0.286. The SMILES string of the molecule is COc1ccc(Cc2nnc(NC(=O)Cc3ccc(N(C)C)cc3)s2)cc1OC. The molecule has 7 nitrogen and oxygen atoms in total. The number of rotatable bonds is 8. The van der Waals surface area contributed by atoms with Crippen LogP contribution in [0.4, 0.5) is 10.8 Å². The number of benzene rings is 2. The summed E-state index contributed by atoms with van der Waals surface area (Å²) in [4.78, 5) is 14.3. The Hall–Kier alpha value is -3.13. The molecule has 8 heteroatoms. The molecule has 1 aromatic heterocycles. The van der Waals surface area contributed by atoms with Crippen LogP contribution < -0.4 is 19.7 Å². The molecule has 3 aromatic rings. The van der Waals surface area contributed by atoms with E-state index >= 15 is 0 Å². The van der Waals surface area contributed by atoms with Gasteiger partial charge in [-0.25, -0.2) is 0 Å². The lowest BCUT2D eigenvalue weighted by Gasteiger charge is -2.12. The largest absolute Gasteiger partial charge is 0.493 e. The Morgan fingerprint density at radius 1 is 1.00 bits per heavy atom. The molecule has 0 unspecified atom stereocenters. The molecule has 0 radical (unpaired) electrons. The van der Waals surface area contributed by atoms with Crippen LogP contribution in [0.2, 0.25) is 0 Å². The van der Waals surface area contributed by atoms with Gasteiger partial charge in [0, 0.05) is 26.2 Å². The maximum atomic E-state index is 12.3. The molecule has 0 bridgehead atoms. The zero-order valence-electron chi connectivity index (χ0n) is 16.9. The van der Waals surface area contributed by atoms with Crippen molar-refractivity contribution in [2.75, 3.05) is 38.5 Å². The van der Waals surface area contributed by atoms with Gasteiger partial charge < -0.3 is 19.7 Å². The number of methoxy groups -OCH3 is 2. The van der Waals surface area contributed by atoms with Gasteiger partial charge in [0.15, 0.2) is 11.5 Å². The number of nitrogens with one attached hydrogen (secondary N) is 1. The predicted octanol–water partition coefficient (Wildman–Crippen LogP) is 3.39. The van der Waals surface area contributed by atoms with Crippen LogP contribution in [-0.2, 0) is 17.6 Å². The Kier molecular flexibility index (Phi) is 6.66. The molecule has 29 heavy (non-hydrogen) atoms. The van der Waals surface area contributed by atoms with Crippen molar-refractivity contribution in [1.82, 2.24) is 10.2 Å². The summed E-state index contributed by atoms with van der Waals surface area (Å²) in [5, 5.41) is 12.4. The summed E-state index contributed by atoms with van der Waals surface area (Å²) in [5.41, 5.74) is 3.07. The van der Waals surface area contributed by atoms with E-state index in [0.717, 1.165) is 21.8 Å². The van der Waals surface area contributed by atoms with Crippen LogP contribution in [0, 0.1) is 0 Å². The molecule has 0 saturated carbocycles. The predicted molar refractivity (Wildman–Crippen MR) is 115 cm³/mol. The molecule has 1 amide bonds. The lowest BCUT2D eigenvalue weighted by atomic mass is 10.1. The fourth-order valence-corrected chi connectivity index (χ4v) is 3.59. The molecule has 0 spiro atoms. The summed E-state index contributed by atoms with van der Waals surface area (Å²) in [6, 6.07) is 13.6. The number of amides is 1. The molecule has 0 aliphatic rings. The van der Waals surface area contributed by atoms with Crippen LogP contribution >= 0.6 is 11.3 Å². The van der Waals surface area contributed by atoms with Gasteiger partial charge in [-0.05, 0) is 35.4 Å². The van der Waals surface area contributed by atoms with Crippen molar-refractivity contribution < 1.29 is 14.3 Å². The zero-order chi connectivity index (χ0) is 20.8. The van der Waals surface area contributed by atoms with Gasteiger partial charge in [0.2, 0.25) is 11.0 Å². The molecule has 0 fully saturated rings. The van der Waals surface area contributed by atoms with Gasteiger partial charge in [-0.15, -0.1) is 10.2 Å². The summed E-state index contributed by atoms with van der Waals surface area (Å²) in [7, 11) is 7.18. The molecule has 3 rings (SSSR count). The van der Waals surface area contributed by atoms with Gasteiger partial charge >= 0.3 is 0 Å². The summed E-state index contributed by atoms with van der Waals surface area (Å²) in [6.07, 6.45) is 0.887. The van der Waals surface area contributed by atoms with E-state index in [9.17, 15) is 4.79 Å². The first-order chi connectivity index (χ1) is 14.0. The van der Waals surface area contributed by atoms with Gasteiger partial charge in [0.05, 0.1) is 20.6 Å². The highest BCUT2D eigenvalue weighted by Gasteiger charge is 2.11. The third kappa shape index (κ3) is 5.45. The molecule has 2 aromatic carbocycles. The second-order valence-corrected chi connectivity index (χ2v) is 7.71. The van der Waals surface area contributed by atoms with Crippen molar-refractivity contribution in [3.05, 3.63) is 58.6 Å². The van der Waals surface area contributed by atoms with Crippen molar-refractivity contribution in [3.8, 4) is 11.5 Å². The minimum absolute atomic E-state index is 0.114. The second-order valence-electron chi connectivity index (χ2n) is 6.65. The maximum Gasteiger partial charge on any atom is 0.230 e. The summed E-state index contributed by atoms with van der Waals surface area (Å²) >= 11 is 1.36. The quantitative estimate of drug-likeness (QED) is 0.611. The average Bonchev–Trinajstić information content (AvgIpc) is 3.14. The molecule has 0 saturated heterocycles. The number of aromatic nitrogens is 2. The molecule has 1 N–H and O–H groups in total. The first kappa shape index (κ1) is 20.6. The van der Waals surface area contributed by atoms with Crippen LogP contribution in [-0.4, -0.2) is 44.4 Å². The minimum atomic E-state index is -0.114. The highest BCUT2D eigenvalue weighted by Crippen LogP contribution is 2.29. The Morgan fingerprint density at radius 2 is 1.69 bits per heavy atom. The van der Waals surface area contributed by atoms with E-state index in [1.807, 2.05) is 61.5 Å². The van der Waals surface area contributed by atoms with E-state index in [0.29, 0.717) is 23.1 Å². The normalized spacial score (nSPS) is 10.5. The lowest BCUT2D eigenvalue weighted by Crippen LogP contribution is -2.14. The van der Waals surface area contributed by atoms with Crippen LogP contribution in [0.1, 0.15) is 16.1 Å². The van der Waals surface area contributed by atoms with E-state index in [-0.39, 0.29) is 12.3 Å². The number of carbonyl (C=O) groups is 1. The van der Waals surface area contributed by atoms with Crippen molar-refractivity contribution in [2.45, 2.75) is 12.8 Å². The van der Waals surface area contributed by atoms with Gasteiger partial charge in [-0.2, -0.15) is 0 Å². The number of carbonyl (C=O) groups excluding carboxylic acids is 1.